The highest BCUT2D eigenvalue weighted by Gasteiger charge is 2.20. The molecule has 0 aliphatic carbocycles. The lowest BCUT2D eigenvalue weighted by atomic mass is 10.2. The standard InChI is InChI=1S/C23H21FN6O3S/c1-15-12-19(29(2)28-15)25-20(31)13-33-21(32)14-34-23-27-26-22(17-10-6-7-11-18(17)24)30(23)16-8-4-3-5-9-16/h3-12H,13-14H2,1-2H3,(H,25,31). The number of amides is 1. The van der Waals surface area contributed by atoms with Crippen molar-refractivity contribution in [3.8, 4) is 17.1 Å². The van der Waals surface area contributed by atoms with Gasteiger partial charge in [-0.15, -0.1) is 10.2 Å². The summed E-state index contributed by atoms with van der Waals surface area (Å²) >= 11 is 1.08. The Balaban J connectivity index is 1.43. The molecule has 4 rings (SSSR count). The molecule has 2 aromatic heterocycles. The first-order valence-corrected chi connectivity index (χ1v) is 11.3. The van der Waals surface area contributed by atoms with Gasteiger partial charge in [-0.05, 0) is 31.2 Å². The van der Waals surface area contributed by atoms with Gasteiger partial charge in [-0.25, -0.2) is 4.39 Å². The first-order chi connectivity index (χ1) is 16.4. The van der Waals surface area contributed by atoms with E-state index in [2.05, 4.69) is 20.6 Å². The van der Waals surface area contributed by atoms with E-state index in [0.29, 0.717) is 22.5 Å². The Morgan fingerprint density at radius 1 is 1.09 bits per heavy atom. The maximum Gasteiger partial charge on any atom is 0.316 e. The van der Waals surface area contributed by atoms with Crippen LogP contribution in [0.5, 0.6) is 0 Å². The molecule has 0 atom stereocenters. The van der Waals surface area contributed by atoms with Crippen LogP contribution in [0.25, 0.3) is 17.1 Å². The molecule has 11 heteroatoms. The first kappa shape index (κ1) is 23.2. The van der Waals surface area contributed by atoms with Crippen LogP contribution < -0.4 is 5.32 Å². The molecule has 9 nitrogen and oxygen atoms in total. The number of ether oxygens (including phenoxy) is 1. The second-order valence-electron chi connectivity index (χ2n) is 7.25. The molecule has 1 amide bonds. The molecule has 2 aromatic carbocycles. The number of thioether (sulfide) groups is 1. The molecule has 0 unspecified atom stereocenters. The van der Waals surface area contributed by atoms with Crippen LogP contribution in [0, 0.1) is 12.7 Å². The minimum absolute atomic E-state index is 0.111. The van der Waals surface area contributed by atoms with E-state index in [4.69, 9.17) is 4.74 Å². The largest absolute Gasteiger partial charge is 0.455 e. The van der Waals surface area contributed by atoms with E-state index >= 15 is 0 Å². The van der Waals surface area contributed by atoms with Gasteiger partial charge in [0.1, 0.15) is 11.6 Å². The fourth-order valence-electron chi connectivity index (χ4n) is 3.21. The molecule has 4 aromatic rings. The third-order valence-electron chi connectivity index (χ3n) is 4.72. The summed E-state index contributed by atoms with van der Waals surface area (Å²) in [6.07, 6.45) is 0. The van der Waals surface area contributed by atoms with Crippen LogP contribution in [0.1, 0.15) is 5.69 Å². The Labute approximate surface area is 199 Å². The lowest BCUT2D eigenvalue weighted by Crippen LogP contribution is -2.22. The van der Waals surface area contributed by atoms with E-state index in [1.165, 1.54) is 10.7 Å². The molecule has 0 fully saturated rings. The van der Waals surface area contributed by atoms with Crippen molar-refractivity contribution >= 4 is 29.5 Å². The van der Waals surface area contributed by atoms with Crippen molar-refractivity contribution in [1.82, 2.24) is 24.5 Å². The van der Waals surface area contributed by atoms with Crippen LogP contribution in [0.3, 0.4) is 0 Å². The zero-order valence-corrected chi connectivity index (χ0v) is 19.3. The van der Waals surface area contributed by atoms with E-state index in [-0.39, 0.29) is 11.3 Å². The number of esters is 1. The van der Waals surface area contributed by atoms with E-state index in [9.17, 15) is 14.0 Å². The average Bonchev–Trinajstić information content (AvgIpc) is 3.39. The molecular weight excluding hydrogens is 459 g/mol. The number of carbonyl (C=O) groups is 2. The minimum Gasteiger partial charge on any atom is -0.455 e. The number of carbonyl (C=O) groups excluding carboxylic acids is 2. The van der Waals surface area contributed by atoms with Crippen molar-refractivity contribution in [3.05, 3.63) is 72.2 Å². The van der Waals surface area contributed by atoms with Gasteiger partial charge in [0, 0.05) is 18.8 Å². The molecule has 0 radical (unpaired) electrons. The van der Waals surface area contributed by atoms with Gasteiger partial charge in [0.15, 0.2) is 17.6 Å². The van der Waals surface area contributed by atoms with Crippen LogP contribution in [0.2, 0.25) is 0 Å². The molecule has 2 heterocycles. The van der Waals surface area contributed by atoms with Gasteiger partial charge < -0.3 is 10.1 Å². The van der Waals surface area contributed by atoms with Crippen molar-refractivity contribution in [2.45, 2.75) is 12.1 Å². The summed E-state index contributed by atoms with van der Waals surface area (Å²) in [6, 6.07) is 17.2. The zero-order valence-electron chi connectivity index (χ0n) is 18.4. The molecule has 34 heavy (non-hydrogen) atoms. The summed E-state index contributed by atoms with van der Waals surface area (Å²) in [7, 11) is 1.70. The van der Waals surface area contributed by atoms with Gasteiger partial charge in [0.05, 0.1) is 17.0 Å². The highest BCUT2D eigenvalue weighted by atomic mass is 32.2. The normalized spacial score (nSPS) is 10.8. The molecule has 0 aliphatic heterocycles. The van der Waals surface area contributed by atoms with Crippen molar-refractivity contribution in [1.29, 1.82) is 0 Å². The predicted molar refractivity (Wildman–Crippen MR) is 125 cm³/mol. The van der Waals surface area contributed by atoms with Crippen LogP contribution in [0.4, 0.5) is 10.2 Å². The van der Waals surface area contributed by atoms with Gasteiger partial charge in [-0.2, -0.15) is 5.10 Å². The molecule has 0 spiro atoms. The third-order valence-corrected chi connectivity index (χ3v) is 5.62. The van der Waals surface area contributed by atoms with Gasteiger partial charge in [-0.1, -0.05) is 42.1 Å². The zero-order chi connectivity index (χ0) is 24.1. The SMILES string of the molecule is Cc1cc(NC(=O)COC(=O)CSc2nnc(-c3ccccc3F)n2-c2ccccc2)n(C)n1. The molecule has 0 saturated heterocycles. The predicted octanol–water partition coefficient (Wildman–Crippen LogP) is 3.39. The Bertz CT molecular complexity index is 1320. The molecule has 0 aliphatic rings. The van der Waals surface area contributed by atoms with Crippen LogP contribution in [0.15, 0.2) is 65.8 Å². The summed E-state index contributed by atoms with van der Waals surface area (Å²) < 4.78 is 22.7. The maximum absolute atomic E-state index is 14.4. The topological polar surface area (TPSA) is 104 Å². The number of hydrogen-bond acceptors (Lipinski definition) is 7. The molecule has 1 N–H and O–H groups in total. The van der Waals surface area contributed by atoms with Gasteiger partial charge in [0.25, 0.3) is 5.91 Å². The number of nitrogens with one attached hydrogen (secondary N) is 1. The van der Waals surface area contributed by atoms with Crippen LogP contribution in [-0.2, 0) is 21.4 Å². The highest BCUT2D eigenvalue weighted by molar-refractivity contribution is 7.99. The van der Waals surface area contributed by atoms with Crippen molar-refractivity contribution in [3.63, 3.8) is 0 Å². The number of rotatable bonds is 8. The molecule has 0 bridgehead atoms. The van der Waals surface area contributed by atoms with Crippen molar-refractivity contribution in [2.75, 3.05) is 17.7 Å². The maximum atomic E-state index is 14.4. The fraction of sp³-hybridized carbons (Fsp3) is 0.174. The second kappa shape index (κ2) is 10.3. The smallest absolute Gasteiger partial charge is 0.316 e. The number of aryl methyl sites for hydroxylation is 2. The second-order valence-corrected chi connectivity index (χ2v) is 8.19. The quantitative estimate of drug-likeness (QED) is 0.305. The number of aromatic nitrogens is 5. The van der Waals surface area contributed by atoms with Gasteiger partial charge in [0.2, 0.25) is 0 Å². The monoisotopic (exact) mass is 480 g/mol. The van der Waals surface area contributed by atoms with Crippen molar-refractivity contribution < 1.29 is 18.7 Å². The number of benzene rings is 2. The Kier molecular flexibility index (Phi) is 7.02. The number of para-hydroxylation sites is 1. The molecule has 174 valence electrons. The number of hydrogen-bond donors (Lipinski definition) is 1. The van der Waals surface area contributed by atoms with E-state index in [1.54, 1.807) is 42.8 Å². The van der Waals surface area contributed by atoms with Gasteiger partial charge >= 0.3 is 5.97 Å². The number of anilines is 1. The fourth-order valence-corrected chi connectivity index (χ4v) is 3.96. The summed E-state index contributed by atoms with van der Waals surface area (Å²) in [6.45, 7) is 1.37. The van der Waals surface area contributed by atoms with Crippen LogP contribution >= 0.6 is 11.8 Å². The summed E-state index contributed by atoms with van der Waals surface area (Å²) in [5.74, 6) is -0.805. The van der Waals surface area contributed by atoms with Crippen LogP contribution in [-0.4, -0.2) is 48.8 Å². The summed E-state index contributed by atoms with van der Waals surface area (Å²) in [5, 5.41) is 15.5. The Hall–Kier alpha value is -3.99. The van der Waals surface area contributed by atoms with E-state index < -0.39 is 24.3 Å². The number of halogens is 1. The minimum atomic E-state index is -0.601. The first-order valence-electron chi connectivity index (χ1n) is 10.3. The average molecular weight is 481 g/mol. The highest BCUT2D eigenvalue weighted by Crippen LogP contribution is 2.29. The molecule has 0 saturated carbocycles. The van der Waals surface area contributed by atoms with E-state index in [0.717, 1.165) is 17.5 Å². The number of nitrogens with zero attached hydrogens (tertiary/aromatic N) is 5. The Morgan fingerprint density at radius 2 is 1.82 bits per heavy atom. The molecular formula is C23H21FN6O3S. The lowest BCUT2D eigenvalue weighted by Gasteiger charge is -2.11. The third kappa shape index (κ3) is 5.31. The summed E-state index contributed by atoms with van der Waals surface area (Å²) in [4.78, 5) is 24.4. The Morgan fingerprint density at radius 3 is 2.53 bits per heavy atom. The van der Waals surface area contributed by atoms with Gasteiger partial charge in [-0.3, -0.25) is 18.8 Å². The lowest BCUT2D eigenvalue weighted by molar-refractivity contribution is -0.144. The van der Waals surface area contributed by atoms with E-state index in [1.807, 2.05) is 30.3 Å². The van der Waals surface area contributed by atoms with Crippen molar-refractivity contribution in [2.24, 2.45) is 7.05 Å². The summed E-state index contributed by atoms with van der Waals surface area (Å²) in [5.41, 5.74) is 1.76.